The van der Waals surface area contributed by atoms with Crippen molar-refractivity contribution in [2.45, 2.75) is 9.79 Å². The second-order valence-corrected chi connectivity index (χ2v) is 9.21. The summed E-state index contributed by atoms with van der Waals surface area (Å²) in [6, 6.07) is 9.08. The first-order valence-electron chi connectivity index (χ1n) is 5.42. The first-order valence-corrected chi connectivity index (χ1v) is 10.0. The van der Waals surface area contributed by atoms with Crippen molar-refractivity contribution >= 4 is 39.5 Å². The molecule has 0 atom stereocenters. The number of halogens is 2. The van der Waals surface area contributed by atoms with Crippen LogP contribution in [0.15, 0.2) is 52.3 Å². The van der Waals surface area contributed by atoms with Gasteiger partial charge in [-0.1, -0.05) is 12.1 Å². The van der Waals surface area contributed by atoms with E-state index in [2.05, 4.69) is 0 Å². The quantitative estimate of drug-likeness (QED) is 0.843. The van der Waals surface area contributed by atoms with Crippen LogP contribution >= 0.6 is 21.4 Å². The molecule has 112 valence electrons. The molecule has 0 aliphatic carbocycles. The molecule has 0 saturated carbocycles. The second-order valence-electron chi connectivity index (χ2n) is 4.08. The van der Waals surface area contributed by atoms with Gasteiger partial charge in [0.2, 0.25) is 0 Å². The van der Waals surface area contributed by atoms with E-state index < -0.39 is 18.1 Å². The maximum absolute atomic E-state index is 11.2. The zero-order valence-electron chi connectivity index (χ0n) is 10.2. The Balaban J connectivity index is 2.48. The normalized spacial score (nSPS) is 12.3. The molecule has 0 spiro atoms. The van der Waals surface area contributed by atoms with Crippen molar-refractivity contribution in [3.05, 3.63) is 42.5 Å². The van der Waals surface area contributed by atoms with Crippen LogP contribution in [0.5, 0.6) is 5.75 Å². The highest BCUT2D eigenvalue weighted by molar-refractivity contribution is 8.14. The molecule has 0 aliphatic rings. The molecule has 0 saturated heterocycles. The van der Waals surface area contributed by atoms with E-state index >= 15 is 0 Å². The summed E-state index contributed by atoms with van der Waals surface area (Å²) < 4.78 is 44.6. The third-order valence-electron chi connectivity index (χ3n) is 2.70. The Morgan fingerprint density at radius 1 is 0.762 bits per heavy atom. The number of rotatable bonds is 3. The van der Waals surface area contributed by atoms with E-state index in [4.69, 9.17) is 21.4 Å². The van der Waals surface area contributed by atoms with Crippen molar-refractivity contribution in [2.75, 3.05) is 0 Å². The lowest BCUT2D eigenvalue weighted by Crippen LogP contribution is -1.92. The molecule has 0 fully saturated rings. The maximum Gasteiger partial charge on any atom is 0.261 e. The Labute approximate surface area is 130 Å². The largest absolute Gasteiger partial charge is 0.507 e. The molecule has 0 radical (unpaired) electrons. The van der Waals surface area contributed by atoms with Gasteiger partial charge in [0, 0.05) is 33.0 Å². The molecule has 5 nitrogen and oxygen atoms in total. The van der Waals surface area contributed by atoms with Gasteiger partial charge in [-0.05, 0) is 29.8 Å². The molecule has 0 bridgehead atoms. The monoisotopic (exact) mass is 366 g/mol. The van der Waals surface area contributed by atoms with Crippen molar-refractivity contribution in [3.8, 4) is 16.9 Å². The van der Waals surface area contributed by atoms with Crippen LogP contribution in [0.3, 0.4) is 0 Å². The van der Waals surface area contributed by atoms with Gasteiger partial charge in [-0.25, -0.2) is 16.8 Å². The second kappa shape index (κ2) is 5.49. The number of benzene rings is 2. The highest BCUT2D eigenvalue weighted by Crippen LogP contribution is 2.32. The smallest absolute Gasteiger partial charge is 0.261 e. The van der Waals surface area contributed by atoms with Crippen LogP contribution in [0.1, 0.15) is 0 Å². The summed E-state index contributed by atoms with van der Waals surface area (Å²) in [6.07, 6.45) is 0. The standard InChI is InChI=1S/C12H8Cl2O5S2/c13-20(16,17)9-3-1-8(2-4-9)11-6-5-10(7-12(11)15)21(14,18)19/h1-7,15H. The van der Waals surface area contributed by atoms with E-state index in [0.717, 1.165) is 6.07 Å². The summed E-state index contributed by atoms with van der Waals surface area (Å²) in [5.41, 5.74) is 0.827. The molecular formula is C12H8Cl2O5S2. The van der Waals surface area contributed by atoms with Gasteiger partial charge in [-0.15, -0.1) is 0 Å². The van der Waals surface area contributed by atoms with Crippen LogP contribution in [0, 0.1) is 0 Å². The highest BCUT2D eigenvalue weighted by Gasteiger charge is 2.14. The average molecular weight is 367 g/mol. The van der Waals surface area contributed by atoms with Crippen LogP contribution in [0.25, 0.3) is 11.1 Å². The number of aromatic hydroxyl groups is 1. The minimum atomic E-state index is -3.93. The lowest BCUT2D eigenvalue weighted by molar-refractivity contribution is 0.475. The molecule has 0 heterocycles. The van der Waals surface area contributed by atoms with Crippen molar-refractivity contribution in [1.29, 1.82) is 0 Å². The minimum absolute atomic E-state index is 0.0765. The number of hydrogen-bond donors (Lipinski definition) is 1. The number of hydrogen-bond acceptors (Lipinski definition) is 5. The fourth-order valence-electron chi connectivity index (χ4n) is 1.70. The molecule has 0 amide bonds. The summed E-state index contributed by atoms with van der Waals surface area (Å²) in [6.45, 7) is 0. The predicted molar refractivity (Wildman–Crippen MR) is 79.6 cm³/mol. The molecule has 21 heavy (non-hydrogen) atoms. The van der Waals surface area contributed by atoms with E-state index in [1.54, 1.807) is 0 Å². The molecule has 2 aromatic rings. The lowest BCUT2D eigenvalue weighted by atomic mass is 10.1. The van der Waals surface area contributed by atoms with Gasteiger partial charge in [0.25, 0.3) is 18.1 Å². The highest BCUT2D eigenvalue weighted by atomic mass is 35.7. The zero-order valence-corrected chi connectivity index (χ0v) is 13.3. The van der Waals surface area contributed by atoms with Gasteiger partial charge in [0.15, 0.2) is 0 Å². The molecule has 0 aromatic heterocycles. The van der Waals surface area contributed by atoms with Crippen molar-refractivity contribution in [2.24, 2.45) is 0 Å². The van der Waals surface area contributed by atoms with Crippen LogP contribution in [0.4, 0.5) is 0 Å². The molecular weight excluding hydrogens is 359 g/mol. The van der Waals surface area contributed by atoms with Gasteiger partial charge in [0.05, 0.1) is 9.79 Å². The van der Waals surface area contributed by atoms with E-state index in [0.29, 0.717) is 11.1 Å². The summed E-state index contributed by atoms with van der Waals surface area (Å²) in [5, 5.41) is 9.87. The summed E-state index contributed by atoms with van der Waals surface area (Å²) >= 11 is 0. The van der Waals surface area contributed by atoms with Crippen molar-refractivity contribution < 1.29 is 21.9 Å². The SMILES string of the molecule is O=S(=O)(Cl)c1ccc(-c2ccc(S(=O)(=O)Cl)cc2O)cc1. The Kier molecular flexibility index (Phi) is 4.21. The number of phenolic OH excluding ortho intramolecular Hbond substituents is 1. The Morgan fingerprint density at radius 3 is 1.67 bits per heavy atom. The Hall–Kier alpha value is -1.28. The fraction of sp³-hybridized carbons (Fsp3) is 0. The van der Waals surface area contributed by atoms with Gasteiger partial charge in [-0.3, -0.25) is 0 Å². The maximum atomic E-state index is 11.2. The van der Waals surface area contributed by atoms with Crippen LogP contribution < -0.4 is 0 Å². The Morgan fingerprint density at radius 2 is 1.24 bits per heavy atom. The van der Waals surface area contributed by atoms with Crippen LogP contribution in [-0.4, -0.2) is 21.9 Å². The minimum Gasteiger partial charge on any atom is -0.507 e. The van der Waals surface area contributed by atoms with E-state index in [9.17, 15) is 21.9 Å². The van der Waals surface area contributed by atoms with Gasteiger partial charge in [0.1, 0.15) is 5.75 Å². The van der Waals surface area contributed by atoms with E-state index in [1.807, 2.05) is 0 Å². The summed E-state index contributed by atoms with van der Waals surface area (Å²) in [5.74, 6) is -0.293. The topological polar surface area (TPSA) is 88.5 Å². The van der Waals surface area contributed by atoms with E-state index in [1.165, 1.54) is 36.4 Å². The van der Waals surface area contributed by atoms with Gasteiger partial charge >= 0.3 is 0 Å². The molecule has 1 N–H and O–H groups in total. The van der Waals surface area contributed by atoms with Crippen LogP contribution in [0.2, 0.25) is 0 Å². The van der Waals surface area contributed by atoms with Gasteiger partial charge < -0.3 is 5.11 Å². The summed E-state index contributed by atoms with van der Waals surface area (Å²) in [4.78, 5) is -0.308. The zero-order chi connectivity index (χ0) is 15.8. The average Bonchev–Trinajstić information content (AvgIpc) is 2.36. The predicted octanol–water partition coefficient (Wildman–Crippen LogP) is 2.91. The third kappa shape index (κ3) is 3.68. The van der Waals surface area contributed by atoms with Crippen molar-refractivity contribution in [1.82, 2.24) is 0 Å². The molecule has 0 aliphatic heterocycles. The molecule has 2 aromatic carbocycles. The van der Waals surface area contributed by atoms with Crippen molar-refractivity contribution in [3.63, 3.8) is 0 Å². The van der Waals surface area contributed by atoms with Gasteiger partial charge in [-0.2, -0.15) is 0 Å². The van der Waals surface area contributed by atoms with Crippen LogP contribution in [-0.2, 0) is 18.1 Å². The van der Waals surface area contributed by atoms with E-state index in [-0.39, 0.29) is 15.5 Å². The molecule has 2 rings (SSSR count). The summed E-state index contributed by atoms with van der Waals surface area (Å²) in [7, 11) is 2.62. The molecule has 9 heteroatoms. The number of phenols is 1. The lowest BCUT2D eigenvalue weighted by Gasteiger charge is -2.07. The third-order valence-corrected chi connectivity index (χ3v) is 5.42. The first kappa shape index (κ1) is 16.1. The first-order chi connectivity index (χ1) is 9.59. The Bertz CT molecular complexity index is 888. The molecule has 0 unspecified atom stereocenters. The fourth-order valence-corrected chi connectivity index (χ4v) is 3.24.